The zero-order chi connectivity index (χ0) is 10.8. The molecule has 0 aromatic heterocycles. The van der Waals surface area contributed by atoms with Gasteiger partial charge in [0.05, 0.1) is 18.1 Å². The summed E-state index contributed by atoms with van der Waals surface area (Å²) in [5.74, 6) is -0.304. The molecule has 0 saturated carbocycles. The standard InChI is InChI=1S/C12H7BrN2/c13-12-3-1-2-8-4-9(6-14)10(7-15)5-11(8)12/h1-4,10H,5H2. The summed E-state index contributed by atoms with van der Waals surface area (Å²) in [5, 5.41) is 17.9. The molecule has 1 aromatic rings. The number of hydrogen-bond acceptors (Lipinski definition) is 2. The maximum atomic E-state index is 8.95. The Morgan fingerprint density at radius 2 is 2.13 bits per heavy atom. The van der Waals surface area contributed by atoms with Gasteiger partial charge in [-0.1, -0.05) is 28.1 Å². The van der Waals surface area contributed by atoms with E-state index in [1.165, 1.54) is 0 Å². The number of allylic oxidation sites excluding steroid dienone is 1. The van der Waals surface area contributed by atoms with Crippen LogP contribution in [0.25, 0.3) is 6.08 Å². The number of nitrogens with zero attached hydrogens (tertiary/aromatic N) is 2. The average Bonchev–Trinajstić information content (AvgIpc) is 2.28. The Morgan fingerprint density at radius 1 is 1.33 bits per heavy atom. The number of fused-ring (bicyclic) bond motifs is 1. The molecule has 0 spiro atoms. The van der Waals surface area contributed by atoms with E-state index < -0.39 is 0 Å². The van der Waals surface area contributed by atoms with Gasteiger partial charge in [0, 0.05) is 10.0 Å². The van der Waals surface area contributed by atoms with Gasteiger partial charge in [-0.15, -0.1) is 0 Å². The summed E-state index contributed by atoms with van der Waals surface area (Å²) in [6, 6.07) is 10.1. The number of rotatable bonds is 0. The molecule has 0 aliphatic heterocycles. The van der Waals surface area contributed by atoms with Crippen molar-refractivity contribution in [2.45, 2.75) is 6.42 Å². The molecule has 1 unspecified atom stereocenters. The third-order valence-corrected chi connectivity index (χ3v) is 3.28. The summed E-state index contributed by atoms with van der Waals surface area (Å²) in [5.41, 5.74) is 2.71. The van der Waals surface area contributed by atoms with E-state index in [2.05, 4.69) is 28.1 Å². The molecule has 1 atom stereocenters. The van der Waals surface area contributed by atoms with Crippen molar-refractivity contribution in [3.63, 3.8) is 0 Å². The molecule has 2 rings (SSSR count). The second-order valence-electron chi connectivity index (χ2n) is 3.40. The highest BCUT2D eigenvalue weighted by Gasteiger charge is 2.22. The van der Waals surface area contributed by atoms with Crippen LogP contribution in [0, 0.1) is 28.6 Å². The third kappa shape index (κ3) is 1.67. The van der Waals surface area contributed by atoms with E-state index in [4.69, 9.17) is 10.5 Å². The lowest BCUT2D eigenvalue weighted by Gasteiger charge is -2.18. The van der Waals surface area contributed by atoms with Crippen molar-refractivity contribution in [3.8, 4) is 12.1 Å². The number of halogens is 1. The van der Waals surface area contributed by atoms with Gasteiger partial charge in [-0.2, -0.15) is 10.5 Å². The summed E-state index contributed by atoms with van der Waals surface area (Å²) in [6.07, 6.45) is 2.42. The molecule has 1 aliphatic rings. The molecule has 0 radical (unpaired) electrons. The Kier molecular flexibility index (Phi) is 2.58. The second kappa shape index (κ2) is 3.88. The predicted molar refractivity (Wildman–Crippen MR) is 60.5 cm³/mol. The van der Waals surface area contributed by atoms with Crippen molar-refractivity contribution >= 4 is 22.0 Å². The SMILES string of the molecule is N#CC1=Cc2cccc(Br)c2CC1C#N. The third-order valence-electron chi connectivity index (χ3n) is 2.53. The van der Waals surface area contributed by atoms with Gasteiger partial charge in [-0.25, -0.2) is 0 Å². The highest BCUT2D eigenvalue weighted by molar-refractivity contribution is 9.10. The Morgan fingerprint density at radius 3 is 2.80 bits per heavy atom. The molecule has 0 heterocycles. The van der Waals surface area contributed by atoms with Crippen LogP contribution in [0.3, 0.4) is 0 Å². The van der Waals surface area contributed by atoms with Gasteiger partial charge in [0.2, 0.25) is 0 Å². The van der Waals surface area contributed by atoms with Crippen LogP contribution in [0.2, 0.25) is 0 Å². The van der Waals surface area contributed by atoms with E-state index in [1.807, 2.05) is 18.2 Å². The molecule has 72 valence electrons. The Hall–Kier alpha value is -1.58. The fourth-order valence-corrected chi connectivity index (χ4v) is 2.28. The van der Waals surface area contributed by atoms with E-state index in [-0.39, 0.29) is 5.92 Å². The Labute approximate surface area is 96.6 Å². The van der Waals surface area contributed by atoms with E-state index in [9.17, 15) is 0 Å². The molecule has 0 saturated heterocycles. The fraction of sp³-hybridized carbons (Fsp3) is 0.167. The highest BCUT2D eigenvalue weighted by atomic mass is 79.9. The van der Waals surface area contributed by atoms with E-state index >= 15 is 0 Å². The lowest BCUT2D eigenvalue weighted by Crippen LogP contribution is -2.11. The molecule has 3 heteroatoms. The molecule has 0 amide bonds. The molecular weight excluding hydrogens is 252 g/mol. The largest absolute Gasteiger partial charge is 0.198 e. The average molecular weight is 259 g/mol. The molecule has 0 bridgehead atoms. The molecule has 0 fully saturated rings. The first-order valence-electron chi connectivity index (χ1n) is 4.55. The minimum atomic E-state index is -0.304. The van der Waals surface area contributed by atoms with Gasteiger partial charge in [0.15, 0.2) is 0 Å². The van der Waals surface area contributed by atoms with Crippen LogP contribution in [0.15, 0.2) is 28.2 Å². The van der Waals surface area contributed by atoms with Gasteiger partial charge in [0.25, 0.3) is 0 Å². The second-order valence-corrected chi connectivity index (χ2v) is 4.26. The van der Waals surface area contributed by atoms with Gasteiger partial charge < -0.3 is 0 Å². The predicted octanol–water partition coefficient (Wildman–Crippen LogP) is 3.05. The van der Waals surface area contributed by atoms with Crippen molar-refractivity contribution < 1.29 is 0 Å². The quantitative estimate of drug-likeness (QED) is 0.718. The van der Waals surface area contributed by atoms with Crippen LogP contribution in [-0.4, -0.2) is 0 Å². The Balaban J connectivity index is 2.58. The minimum Gasteiger partial charge on any atom is -0.198 e. The lowest BCUT2D eigenvalue weighted by atomic mass is 9.85. The molecule has 15 heavy (non-hydrogen) atoms. The van der Waals surface area contributed by atoms with Gasteiger partial charge in [0.1, 0.15) is 0 Å². The van der Waals surface area contributed by atoms with Crippen LogP contribution >= 0.6 is 15.9 Å². The monoisotopic (exact) mass is 258 g/mol. The summed E-state index contributed by atoms with van der Waals surface area (Å²) in [4.78, 5) is 0. The van der Waals surface area contributed by atoms with E-state index in [0.29, 0.717) is 12.0 Å². The zero-order valence-corrected chi connectivity index (χ0v) is 9.45. The summed E-state index contributed by atoms with van der Waals surface area (Å²) >= 11 is 3.46. The number of nitriles is 2. The van der Waals surface area contributed by atoms with Crippen LogP contribution in [0.5, 0.6) is 0 Å². The van der Waals surface area contributed by atoms with Crippen LogP contribution in [0.1, 0.15) is 11.1 Å². The topological polar surface area (TPSA) is 47.6 Å². The molecule has 0 N–H and O–H groups in total. The summed E-state index contributed by atoms with van der Waals surface area (Å²) < 4.78 is 1.01. The Bertz CT molecular complexity index is 517. The van der Waals surface area contributed by atoms with Crippen molar-refractivity contribution in [3.05, 3.63) is 39.4 Å². The lowest BCUT2D eigenvalue weighted by molar-refractivity contribution is 0.778. The normalized spacial score (nSPS) is 18.3. The fourth-order valence-electron chi connectivity index (χ4n) is 1.73. The van der Waals surface area contributed by atoms with Gasteiger partial charge in [-0.05, 0) is 29.7 Å². The molecule has 1 aromatic carbocycles. The van der Waals surface area contributed by atoms with E-state index in [1.54, 1.807) is 6.08 Å². The summed E-state index contributed by atoms with van der Waals surface area (Å²) in [6.45, 7) is 0. The zero-order valence-electron chi connectivity index (χ0n) is 7.87. The minimum absolute atomic E-state index is 0.304. The first-order valence-corrected chi connectivity index (χ1v) is 5.34. The van der Waals surface area contributed by atoms with Gasteiger partial charge >= 0.3 is 0 Å². The first kappa shape index (κ1) is 9.96. The number of hydrogen-bond donors (Lipinski definition) is 0. The molecular formula is C12H7BrN2. The van der Waals surface area contributed by atoms with Gasteiger partial charge in [-0.3, -0.25) is 0 Å². The molecule has 1 aliphatic carbocycles. The van der Waals surface area contributed by atoms with Crippen molar-refractivity contribution in [2.24, 2.45) is 5.92 Å². The number of benzene rings is 1. The maximum absolute atomic E-state index is 8.95. The highest BCUT2D eigenvalue weighted by Crippen LogP contribution is 2.32. The van der Waals surface area contributed by atoms with E-state index in [0.717, 1.165) is 15.6 Å². The smallest absolute Gasteiger partial charge is 0.0961 e. The molecule has 2 nitrogen and oxygen atoms in total. The van der Waals surface area contributed by atoms with Crippen molar-refractivity contribution in [1.82, 2.24) is 0 Å². The van der Waals surface area contributed by atoms with Crippen molar-refractivity contribution in [2.75, 3.05) is 0 Å². The summed E-state index contributed by atoms with van der Waals surface area (Å²) in [7, 11) is 0. The van der Waals surface area contributed by atoms with Crippen LogP contribution in [-0.2, 0) is 6.42 Å². The van der Waals surface area contributed by atoms with Crippen LogP contribution in [0.4, 0.5) is 0 Å². The maximum Gasteiger partial charge on any atom is 0.0961 e. The van der Waals surface area contributed by atoms with Crippen LogP contribution < -0.4 is 0 Å². The first-order chi connectivity index (χ1) is 7.26. The van der Waals surface area contributed by atoms with Crippen molar-refractivity contribution in [1.29, 1.82) is 10.5 Å².